The number of hydrogen-bond acceptors (Lipinski definition) is 4. The van der Waals surface area contributed by atoms with Gasteiger partial charge in [-0.1, -0.05) is 38.3 Å². The van der Waals surface area contributed by atoms with E-state index in [1.165, 1.54) is 19.3 Å². The minimum Gasteiger partial charge on any atom is -0.508 e. The third-order valence-corrected chi connectivity index (χ3v) is 5.04. The Morgan fingerprint density at radius 2 is 1.70 bits per heavy atom. The van der Waals surface area contributed by atoms with E-state index >= 15 is 0 Å². The number of ether oxygens (including phenoxy) is 1. The minimum atomic E-state index is 0.230. The van der Waals surface area contributed by atoms with Gasteiger partial charge in [0.2, 0.25) is 0 Å². The van der Waals surface area contributed by atoms with Crippen LogP contribution in [0.1, 0.15) is 50.3 Å². The highest BCUT2D eigenvalue weighted by molar-refractivity contribution is 5.89. The molecule has 1 aliphatic rings. The molecule has 1 N–H and O–H groups in total. The maximum atomic E-state index is 10.1. The van der Waals surface area contributed by atoms with Gasteiger partial charge in [-0.3, -0.25) is 0 Å². The second-order valence-corrected chi connectivity index (χ2v) is 7.02. The van der Waals surface area contributed by atoms with Crippen LogP contribution in [0.3, 0.4) is 0 Å². The average molecular weight is 360 g/mol. The van der Waals surface area contributed by atoms with Crippen molar-refractivity contribution in [1.29, 1.82) is 0 Å². The molecule has 0 spiro atoms. The SMILES string of the molecule is CCCCCC/C=C1/Oc2c(ccc(O)c2C)-c2nc3ccccc3nc21. The molecule has 0 aliphatic carbocycles. The van der Waals surface area contributed by atoms with Crippen molar-refractivity contribution in [1.82, 2.24) is 9.97 Å². The predicted octanol–water partition coefficient (Wildman–Crippen LogP) is 6.01. The fourth-order valence-electron chi connectivity index (χ4n) is 3.46. The molecule has 3 aromatic rings. The summed E-state index contributed by atoms with van der Waals surface area (Å²) in [7, 11) is 0. The lowest BCUT2D eigenvalue weighted by molar-refractivity contribution is 0.455. The lowest BCUT2D eigenvalue weighted by atomic mass is 9.99. The predicted molar refractivity (Wildman–Crippen MR) is 109 cm³/mol. The van der Waals surface area contributed by atoms with E-state index in [1.54, 1.807) is 6.07 Å². The number of fused-ring (bicyclic) bond motifs is 4. The highest BCUT2D eigenvalue weighted by Crippen LogP contribution is 2.45. The number of aromatic hydroxyl groups is 1. The molecule has 2 aromatic carbocycles. The number of hydrogen-bond donors (Lipinski definition) is 1. The molecule has 27 heavy (non-hydrogen) atoms. The van der Waals surface area contributed by atoms with Gasteiger partial charge in [-0.25, -0.2) is 9.97 Å². The van der Waals surface area contributed by atoms with Crippen molar-refractivity contribution in [2.75, 3.05) is 0 Å². The first-order valence-electron chi connectivity index (χ1n) is 9.67. The summed E-state index contributed by atoms with van der Waals surface area (Å²) in [6.45, 7) is 4.08. The molecule has 0 fully saturated rings. The first-order chi connectivity index (χ1) is 13.2. The fourth-order valence-corrected chi connectivity index (χ4v) is 3.46. The van der Waals surface area contributed by atoms with Crippen LogP contribution in [0.2, 0.25) is 0 Å². The molecular weight excluding hydrogens is 336 g/mol. The molecule has 0 amide bonds. The Hall–Kier alpha value is -2.88. The molecule has 4 nitrogen and oxygen atoms in total. The van der Waals surface area contributed by atoms with Gasteiger partial charge in [0.1, 0.15) is 22.9 Å². The molecule has 0 radical (unpaired) electrons. The number of benzene rings is 2. The van der Waals surface area contributed by atoms with Crippen LogP contribution in [0.5, 0.6) is 11.5 Å². The molecule has 1 aromatic heterocycles. The lowest BCUT2D eigenvalue weighted by Crippen LogP contribution is -2.10. The van der Waals surface area contributed by atoms with E-state index in [1.807, 2.05) is 37.3 Å². The topological polar surface area (TPSA) is 55.2 Å². The summed E-state index contributed by atoms with van der Waals surface area (Å²) in [5.41, 5.74) is 4.92. The molecule has 0 unspecified atom stereocenters. The van der Waals surface area contributed by atoms with E-state index < -0.39 is 0 Å². The van der Waals surface area contributed by atoms with Crippen LogP contribution in [-0.4, -0.2) is 15.1 Å². The van der Waals surface area contributed by atoms with Gasteiger partial charge in [0.05, 0.1) is 11.0 Å². The molecule has 4 rings (SSSR count). The Kier molecular flexibility index (Phi) is 4.80. The standard InChI is InChI=1S/C23H24N2O2/c1-3-4-5-6-7-12-20-22-21(24-17-10-8-9-11-18(17)25-22)16-13-14-19(26)15(2)23(16)27-20/h8-14,26H,3-7H2,1-2H3/b20-12+. The third kappa shape index (κ3) is 3.27. The zero-order valence-corrected chi connectivity index (χ0v) is 15.8. The van der Waals surface area contributed by atoms with Crippen LogP contribution in [0, 0.1) is 6.92 Å². The van der Waals surface area contributed by atoms with Crippen LogP contribution in [0.25, 0.3) is 28.0 Å². The Balaban J connectivity index is 1.83. The van der Waals surface area contributed by atoms with Gasteiger partial charge in [-0.05, 0) is 50.1 Å². The third-order valence-electron chi connectivity index (χ3n) is 5.04. The summed E-state index contributed by atoms with van der Waals surface area (Å²) < 4.78 is 6.22. The molecular formula is C23H24N2O2. The van der Waals surface area contributed by atoms with E-state index in [0.717, 1.165) is 52.1 Å². The summed E-state index contributed by atoms with van der Waals surface area (Å²) in [5, 5.41) is 10.1. The molecule has 4 heteroatoms. The van der Waals surface area contributed by atoms with Gasteiger partial charge >= 0.3 is 0 Å². The Bertz CT molecular complexity index is 1020. The van der Waals surface area contributed by atoms with Crippen molar-refractivity contribution in [3.8, 4) is 22.8 Å². The van der Waals surface area contributed by atoms with Gasteiger partial charge in [0.25, 0.3) is 0 Å². The number of phenols is 1. The van der Waals surface area contributed by atoms with E-state index in [9.17, 15) is 5.11 Å². The minimum absolute atomic E-state index is 0.230. The zero-order chi connectivity index (χ0) is 18.8. The van der Waals surface area contributed by atoms with Crippen molar-refractivity contribution in [3.05, 3.63) is 53.7 Å². The first-order valence-corrected chi connectivity index (χ1v) is 9.67. The summed E-state index contributed by atoms with van der Waals surface area (Å²) in [6, 6.07) is 11.4. The Morgan fingerprint density at radius 1 is 0.963 bits per heavy atom. The zero-order valence-electron chi connectivity index (χ0n) is 15.8. The highest BCUT2D eigenvalue weighted by Gasteiger charge is 2.27. The van der Waals surface area contributed by atoms with Crippen molar-refractivity contribution < 1.29 is 9.84 Å². The summed E-state index contributed by atoms with van der Waals surface area (Å²) in [6.07, 6.45) is 7.87. The maximum absolute atomic E-state index is 10.1. The van der Waals surface area contributed by atoms with Crippen molar-refractivity contribution >= 4 is 16.8 Å². The number of nitrogens with zero attached hydrogens (tertiary/aromatic N) is 2. The van der Waals surface area contributed by atoms with Crippen molar-refractivity contribution in [3.63, 3.8) is 0 Å². The molecule has 0 bridgehead atoms. The maximum Gasteiger partial charge on any atom is 0.151 e. The van der Waals surface area contributed by atoms with Crippen LogP contribution < -0.4 is 4.74 Å². The fraction of sp³-hybridized carbons (Fsp3) is 0.304. The normalized spacial score (nSPS) is 14.1. The number of para-hydroxylation sites is 2. The second-order valence-electron chi connectivity index (χ2n) is 7.02. The van der Waals surface area contributed by atoms with E-state index in [-0.39, 0.29) is 5.75 Å². The van der Waals surface area contributed by atoms with Crippen LogP contribution in [0.15, 0.2) is 42.5 Å². The highest BCUT2D eigenvalue weighted by atomic mass is 16.5. The first kappa shape index (κ1) is 17.5. The van der Waals surface area contributed by atoms with Crippen molar-refractivity contribution in [2.45, 2.75) is 46.0 Å². The van der Waals surface area contributed by atoms with Crippen LogP contribution in [0.4, 0.5) is 0 Å². The Morgan fingerprint density at radius 3 is 2.44 bits per heavy atom. The smallest absolute Gasteiger partial charge is 0.151 e. The van der Waals surface area contributed by atoms with Gasteiger partial charge in [-0.2, -0.15) is 0 Å². The summed E-state index contributed by atoms with van der Waals surface area (Å²) in [5.74, 6) is 1.64. The van der Waals surface area contributed by atoms with Gasteiger partial charge in [0.15, 0.2) is 5.76 Å². The monoisotopic (exact) mass is 360 g/mol. The largest absolute Gasteiger partial charge is 0.508 e. The molecule has 0 atom stereocenters. The number of allylic oxidation sites excluding steroid dienone is 1. The van der Waals surface area contributed by atoms with Crippen LogP contribution >= 0.6 is 0 Å². The molecule has 2 heterocycles. The van der Waals surface area contributed by atoms with Gasteiger partial charge in [-0.15, -0.1) is 0 Å². The Labute approximate surface area is 159 Å². The van der Waals surface area contributed by atoms with E-state index in [4.69, 9.17) is 14.7 Å². The number of aromatic nitrogens is 2. The molecule has 1 aliphatic heterocycles. The van der Waals surface area contributed by atoms with Gasteiger partial charge < -0.3 is 9.84 Å². The number of unbranched alkanes of at least 4 members (excludes halogenated alkanes) is 4. The number of rotatable bonds is 5. The second kappa shape index (κ2) is 7.39. The lowest BCUT2D eigenvalue weighted by Gasteiger charge is -2.23. The van der Waals surface area contributed by atoms with E-state index in [0.29, 0.717) is 5.75 Å². The van der Waals surface area contributed by atoms with Crippen LogP contribution in [-0.2, 0) is 0 Å². The quantitative estimate of drug-likeness (QED) is 0.566. The van der Waals surface area contributed by atoms with Gasteiger partial charge in [0, 0.05) is 11.1 Å². The average Bonchev–Trinajstić information content (AvgIpc) is 2.69. The summed E-state index contributed by atoms with van der Waals surface area (Å²) in [4.78, 5) is 9.72. The molecule has 138 valence electrons. The molecule has 0 saturated heterocycles. The molecule has 0 saturated carbocycles. The van der Waals surface area contributed by atoms with E-state index in [2.05, 4.69) is 13.0 Å². The number of phenolic OH excluding ortho intramolecular Hbond substituents is 1. The summed E-state index contributed by atoms with van der Waals surface area (Å²) >= 11 is 0. The van der Waals surface area contributed by atoms with Crippen molar-refractivity contribution in [2.24, 2.45) is 0 Å².